The highest BCUT2D eigenvalue weighted by Gasteiger charge is 2.23. The van der Waals surface area contributed by atoms with Crippen LogP contribution in [-0.2, 0) is 25.7 Å². The van der Waals surface area contributed by atoms with Crippen LogP contribution in [0.3, 0.4) is 0 Å². The number of aryl methyl sites for hydroxylation is 3. The Morgan fingerprint density at radius 1 is 0.480 bits per heavy atom. The molecule has 1 aliphatic carbocycles. The predicted molar refractivity (Wildman–Crippen MR) is 198 cm³/mol. The van der Waals surface area contributed by atoms with Crippen molar-refractivity contribution in [3.8, 4) is 39.9 Å². The second kappa shape index (κ2) is 14.2. The van der Waals surface area contributed by atoms with Crippen LogP contribution in [0.2, 0.25) is 0 Å². The molecule has 6 N–H and O–H groups in total. The molecular formula is C44H44O6. The smallest absolute Gasteiger partial charge is 0.122 e. The highest BCUT2D eigenvalue weighted by atomic mass is 16.3. The van der Waals surface area contributed by atoms with Gasteiger partial charge in [0, 0.05) is 25.2 Å². The summed E-state index contributed by atoms with van der Waals surface area (Å²) in [6.45, 7) is 7.66. The van der Waals surface area contributed by atoms with E-state index in [9.17, 15) is 30.6 Å². The summed E-state index contributed by atoms with van der Waals surface area (Å²) in [7, 11) is 0. The molecule has 5 aromatic carbocycles. The summed E-state index contributed by atoms with van der Waals surface area (Å²) < 4.78 is 0. The van der Waals surface area contributed by atoms with Gasteiger partial charge in [0.25, 0.3) is 0 Å². The van der Waals surface area contributed by atoms with Crippen molar-refractivity contribution in [2.75, 3.05) is 0 Å². The van der Waals surface area contributed by atoms with Gasteiger partial charge in [-0.2, -0.15) is 0 Å². The Balaban J connectivity index is 1.50. The van der Waals surface area contributed by atoms with Crippen LogP contribution in [-0.4, -0.2) is 36.7 Å². The fraction of sp³-hybridized carbons (Fsp3) is 0.227. The highest BCUT2D eigenvalue weighted by molar-refractivity contribution is 5.72. The first kappa shape index (κ1) is 34.4. The van der Waals surface area contributed by atoms with Gasteiger partial charge in [-0.3, -0.25) is 0 Å². The average Bonchev–Trinajstić information content (AvgIpc) is 3.05. The Labute approximate surface area is 293 Å². The molecule has 0 fully saturated rings. The van der Waals surface area contributed by atoms with Crippen molar-refractivity contribution in [3.05, 3.63) is 158 Å². The van der Waals surface area contributed by atoms with Crippen LogP contribution in [0.5, 0.6) is 28.7 Å². The van der Waals surface area contributed by atoms with Crippen LogP contribution in [0.4, 0.5) is 0 Å². The third-order valence-corrected chi connectivity index (χ3v) is 9.67. The lowest BCUT2D eigenvalue weighted by Crippen LogP contribution is -2.21. The van der Waals surface area contributed by atoms with Crippen molar-refractivity contribution in [3.63, 3.8) is 0 Å². The number of phenolic OH excluding ortho intramolecular Hbond substituents is 5. The fourth-order valence-corrected chi connectivity index (χ4v) is 6.78. The van der Waals surface area contributed by atoms with E-state index in [1.165, 1.54) is 0 Å². The molecule has 5 aromatic rings. The molecule has 6 rings (SSSR count). The molecule has 0 aliphatic heterocycles. The summed E-state index contributed by atoms with van der Waals surface area (Å²) >= 11 is 0. The standard InChI is InChI=1S/C44H44O6/c1-25-5-9-29(39(45)13-25)17-35-21-33(22-36(43(35)49)18-30-10-6-26(2)14-40(30)46)34-23-37(19-31-11-7-27(3)15-41(31)47)44(50)38(24-34)20-32-12-8-28(4)16-42(32)48/h5-16,21-24,29,39,45-50H,17-20H2,1-4H3. The second-order valence-corrected chi connectivity index (χ2v) is 13.8. The molecule has 0 radical (unpaired) electrons. The van der Waals surface area contributed by atoms with E-state index in [0.29, 0.717) is 45.4 Å². The largest absolute Gasteiger partial charge is 0.508 e. The minimum Gasteiger partial charge on any atom is -0.508 e. The Morgan fingerprint density at radius 3 is 1.24 bits per heavy atom. The Bertz CT molecular complexity index is 2070. The molecule has 2 atom stereocenters. The first-order valence-corrected chi connectivity index (χ1v) is 16.9. The molecule has 0 saturated heterocycles. The minimum atomic E-state index is -0.705. The van der Waals surface area contributed by atoms with Gasteiger partial charge in [-0.05, 0) is 143 Å². The molecule has 6 nitrogen and oxygen atoms in total. The van der Waals surface area contributed by atoms with E-state index in [1.807, 2.05) is 107 Å². The maximum atomic E-state index is 11.7. The average molecular weight is 669 g/mol. The van der Waals surface area contributed by atoms with Gasteiger partial charge in [-0.1, -0.05) is 60.2 Å². The zero-order chi connectivity index (χ0) is 35.7. The summed E-state index contributed by atoms with van der Waals surface area (Å²) in [5, 5.41) is 66.6. The Morgan fingerprint density at radius 2 is 0.860 bits per heavy atom. The summed E-state index contributed by atoms with van der Waals surface area (Å²) in [6, 6.07) is 24.1. The van der Waals surface area contributed by atoms with Crippen LogP contribution in [0, 0.1) is 26.7 Å². The van der Waals surface area contributed by atoms with E-state index in [2.05, 4.69) is 0 Å². The van der Waals surface area contributed by atoms with Gasteiger partial charge in [-0.25, -0.2) is 0 Å². The second-order valence-electron chi connectivity index (χ2n) is 13.8. The zero-order valence-corrected chi connectivity index (χ0v) is 28.9. The molecule has 0 spiro atoms. The van der Waals surface area contributed by atoms with Gasteiger partial charge >= 0.3 is 0 Å². The summed E-state index contributed by atoms with van der Waals surface area (Å²) in [5.74, 6) is 0.364. The summed E-state index contributed by atoms with van der Waals surface area (Å²) in [5.41, 5.74) is 9.76. The first-order chi connectivity index (χ1) is 23.8. The molecule has 0 amide bonds. The van der Waals surface area contributed by atoms with E-state index < -0.39 is 6.10 Å². The minimum absolute atomic E-state index is 0.0788. The first-order valence-electron chi connectivity index (χ1n) is 16.9. The van der Waals surface area contributed by atoms with Gasteiger partial charge in [-0.15, -0.1) is 0 Å². The summed E-state index contributed by atoms with van der Waals surface area (Å²) in [4.78, 5) is 0. The number of benzene rings is 5. The number of aliphatic hydroxyl groups is 1. The van der Waals surface area contributed by atoms with Crippen LogP contribution in [0.1, 0.15) is 62.6 Å². The lowest BCUT2D eigenvalue weighted by atomic mass is 9.85. The Kier molecular flexibility index (Phi) is 9.76. The van der Waals surface area contributed by atoms with Gasteiger partial charge in [0.2, 0.25) is 0 Å². The number of aromatic hydroxyl groups is 5. The van der Waals surface area contributed by atoms with Gasteiger partial charge in [0.1, 0.15) is 28.7 Å². The normalized spacial score (nSPS) is 15.7. The molecule has 0 aromatic heterocycles. The predicted octanol–water partition coefficient (Wildman–Crippen LogP) is 8.61. The topological polar surface area (TPSA) is 121 Å². The van der Waals surface area contributed by atoms with Crippen LogP contribution in [0.25, 0.3) is 11.1 Å². The van der Waals surface area contributed by atoms with Gasteiger partial charge < -0.3 is 30.6 Å². The SMILES string of the molecule is CC1=CC(O)C(Cc2cc(-c3cc(Cc4ccc(C)cc4O)c(O)c(Cc4ccc(C)cc4O)c3)cc(Cc3ccc(C)cc3O)c2O)C=C1. The maximum Gasteiger partial charge on any atom is 0.122 e. The molecule has 2 unspecified atom stereocenters. The number of hydrogen-bond acceptors (Lipinski definition) is 6. The van der Waals surface area contributed by atoms with Crippen molar-refractivity contribution < 1.29 is 30.6 Å². The maximum absolute atomic E-state index is 11.7. The lowest BCUT2D eigenvalue weighted by Gasteiger charge is -2.23. The zero-order valence-electron chi connectivity index (χ0n) is 28.9. The Hall–Kier alpha value is -5.46. The van der Waals surface area contributed by atoms with Crippen molar-refractivity contribution >= 4 is 0 Å². The molecule has 0 bridgehead atoms. The lowest BCUT2D eigenvalue weighted by molar-refractivity contribution is 0.173. The highest BCUT2D eigenvalue weighted by Crippen LogP contribution is 2.40. The van der Waals surface area contributed by atoms with E-state index in [0.717, 1.165) is 33.4 Å². The van der Waals surface area contributed by atoms with Crippen molar-refractivity contribution in [1.82, 2.24) is 0 Å². The molecular weight excluding hydrogens is 624 g/mol. The monoisotopic (exact) mass is 668 g/mol. The van der Waals surface area contributed by atoms with Gasteiger partial charge in [0.05, 0.1) is 6.10 Å². The van der Waals surface area contributed by atoms with E-state index in [1.54, 1.807) is 18.2 Å². The quantitative estimate of drug-likeness (QED) is 0.0936. The van der Waals surface area contributed by atoms with E-state index in [4.69, 9.17) is 0 Å². The molecule has 50 heavy (non-hydrogen) atoms. The number of rotatable bonds is 9. The number of hydrogen-bond donors (Lipinski definition) is 6. The van der Waals surface area contributed by atoms with Crippen molar-refractivity contribution in [1.29, 1.82) is 0 Å². The molecule has 0 saturated carbocycles. The van der Waals surface area contributed by atoms with Crippen molar-refractivity contribution in [2.24, 2.45) is 5.92 Å². The third kappa shape index (κ3) is 7.56. The number of phenols is 5. The number of aliphatic hydroxyl groups excluding tert-OH is 1. The van der Waals surface area contributed by atoms with E-state index in [-0.39, 0.29) is 53.9 Å². The fourth-order valence-electron chi connectivity index (χ4n) is 6.78. The van der Waals surface area contributed by atoms with Crippen LogP contribution < -0.4 is 0 Å². The molecule has 0 heterocycles. The van der Waals surface area contributed by atoms with Crippen molar-refractivity contribution in [2.45, 2.75) is 59.5 Å². The summed E-state index contributed by atoms with van der Waals surface area (Å²) in [6.07, 6.45) is 6.23. The molecule has 6 heteroatoms. The van der Waals surface area contributed by atoms with E-state index >= 15 is 0 Å². The van der Waals surface area contributed by atoms with Crippen LogP contribution >= 0.6 is 0 Å². The van der Waals surface area contributed by atoms with Crippen LogP contribution in [0.15, 0.2) is 103 Å². The molecule has 1 aliphatic rings. The van der Waals surface area contributed by atoms with Gasteiger partial charge in [0.15, 0.2) is 0 Å². The third-order valence-electron chi connectivity index (χ3n) is 9.67. The molecule has 256 valence electrons. The number of allylic oxidation sites excluding steroid dienone is 2.